The van der Waals surface area contributed by atoms with Crippen molar-refractivity contribution in [1.82, 2.24) is 9.55 Å². The number of rotatable bonds is 2. The van der Waals surface area contributed by atoms with Gasteiger partial charge < -0.3 is 9.88 Å². The van der Waals surface area contributed by atoms with E-state index < -0.39 is 0 Å². The molecule has 0 fully saturated rings. The summed E-state index contributed by atoms with van der Waals surface area (Å²) in [6, 6.07) is 27.5. The number of halogens is 1. The van der Waals surface area contributed by atoms with Crippen molar-refractivity contribution in [2.75, 3.05) is 5.32 Å². The van der Waals surface area contributed by atoms with E-state index in [0.29, 0.717) is 0 Å². The van der Waals surface area contributed by atoms with Crippen molar-refractivity contribution < 1.29 is 0 Å². The number of para-hydroxylation sites is 2. The molecule has 2 atom stereocenters. The Morgan fingerprint density at radius 1 is 0.846 bits per heavy atom. The van der Waals surface area contributed by atoms with Crippen molar-refractivity contribution in [1.29, 1.82) is 0 Å². The van der Waals surface area contributed by atoms with E-state index in [2.05, 4.69) is 70.5 Å². The molecule has 0 radical (unpaired) electrons. The number of aromatic nitrogens is 2. The molecule has 0 unspecified atom stereocenters. The molecule has 0 bridgehead atoms. The predicted molar refractivity (Wildman–Crippen MR) is 107 cm³/mol. The molecule has 5 rings (SSSR count). The van der Waals surface area contributed by atoms with Crippen LogP contribution in [0.2, 0.25) is 5.02 Å². The Bertz CT molecular complexity index is 1050. The van der Waals surface area contributed by atoms with Crippen LogP contribution in [0.3, 0.4) is 0 Å². The minimum Gasteiger partial charge on any atom is -0.349 e. The highest BCUT2D eigenvalue weighted by molar-refractivity contribution is 6.30. The van der Waals surface area contributed by atoms with E-state index >= 15 is 0 Å². The van der Waals surface area contributed by atoms with Gasteiger partial charge in [0.2, 0.25) is 5.95 Å². The zero-order valence-electron chi connectivity index (χ0n) is 14.1. The van der Waals surface area contributed by atoms with Crippen LogP contribution < -0.4 is 5.32 Å². The Balaban J connectivity index is 1.66. The lowest BCUT2D eigenvalue weighted by Gasteiger charge is -2.33. The van der Waals surface area contributed by atoms with Crippen LogP contribution >= 0.6 is 11.6 Å². The van der Waals surface area contributed by atoms with Gasteiger partial charge in [0.25, 0.3) is 0 Å². The Kier molecular flexibility index (Phi) is 3.68. The minimum absolute atomic E-state index is 0.196. The summed E-state index contributed by atoms with van der Waals surface area (Å²) in [6.45, 7) is 0. The van der Waals surface area contributed by atoms with E-state index in [1.807, 2.05) is 18.2 Å². The predicted octanol–water partition coefficient (Wildman–Crippen LogP) is 5.84. The van der Waals surface area contributed by atoms with Gasteiger partial charge in [-0.05, 0) is 41.8 Å². The Morgan fingerprint density at radius 2 is 1.58 bits per heavy atom. The molecule has 0 spiro atoms. The first-order chi connectivity index (χ1) is 12.8. The number of anilines is 1. The topological polar surface area (TPSA) is 29.9 Å². The van der Waals surface area contributed by atoms with Crippen LogP contribution in [0, 0.1) is 0 Å². The van der Waals surface area contributed by atoms with E-state index in [0.717, 1.165) is 22.9 Å². The highest BCUT2D eigenvalue weighted by atomic mass is 35.5. The molecule has 1 N–H and O–H groups in total. The molecule has 0 aliphatic carbocycles. The van der Waals surface area contributed by atoms with Crippen LogP contribution in [0.5, 0.6) is 0 Å². The molecule has 1 aromatic heterocycles. The molecule has 128 valence electrons. The fourth-order valence-corrected chi connectivity index (χ4v) is 4.01. The summed E-state index contributed by atoms with van der Waals surface area (Å²) in [5.41, 5.74) is 4.72. The first kappa shape index (κ1) is 15.5. The second kappa shape index (κ2) is 6.19. The molecular formula is C22H18ClN3. The van der Waals surface area contributed by atoms with Crippen molar-refractivity contribution in [3.8, 4) is 0 Å². The maximum absolute atomic E-state index is 6.07. The summed E-state index contributed by atoms with van der Waals surface area (Å²) in [5, 5.41) is 4.39. The maximum Gasteiger partial charge on any atom is 0.204 e. The molecule has 0 saturated carbocycles. The monoisotopic (exact) mass is 359 g/mol. The summed E-state index contributed by atoms with van der Waals surface area (Å²) in [6.07, 6.45) is 0.957. The zero-order valence-corrected chi connectivity index (χ0v) is 14.9. The highest BCUT2D eigenvalue weighted by Crippen LogP contribution is 2.41. The number of nitrogens with zero attached hydrogens (tertiary/aromatic N) is 2. The number of imidazole rings is 1. The van der Waals surface area contributed by atoms with Gasteiger partial charge in [-0.3, -0.25) is 0 Å². The maximum atomic E-state index is 6.07. The lowest BCUT2D eigenvalue weighted by molar-refractivity contribution is 0.477. The quantitative estimate of drug-likeness (QED) is 0.487. The molecule has 3 aromatic carbocycles. The van der Waals surface area contributed by atoms with Crippen LogP contribution in [-0.2, 0) is 0 Å². The Morgan fingerprint density at radius 3 is 2.38 bits per heavy atom. The molecule has 26 heavy (non-hydrogen) atoms. The lowest BCUT2D eigenvalue weighted by atomic mass is 9.93. The van der Waals surface area contributed by atoms with Crippen molar-refractivity contribution in [3.05, 3.63) is 95.0 Å². The van der Waals surface area contributed by atoms with Gasteiger partial charge in [-0.15, -0.1) is 0 Å². The largest absolute Gasteiger partial charge is 0.349 e. The summed E-state index contributed by atoms with van der Waals surface area (Å²) < 4.78 is 2.33. The summed E-state index contributed by atoms with van der Waals surface area (Å²) in [5.74, 6) is 0.922. The van der Waals surface area contributed by atoms with Crippen LogP contribution in [0.15, 0.2) is 78.9 Å². The van der Waals surface area contributed by atoms with Gasteiger partial charge in [0.05, 0.1) is 23.1 Å². The van der Waals surface area contributed by atoms with Gasteiger partial charge in [-0.25, -0.2) is 4.98 Å². The number of nitrogens with one attached hydrogen (secondary N) is 1. The summed E-state index contributed by atoms with van der Waals surface area (Å²) in [7, 11) is 0. The number of fused-ring (bicyclic) bond motifs is 3. The van der Waals surface area contributed by atoms with Gasteiger partial charge in [0.15, 0.2) is 0 Å². The fraction of sp³-hybridized carbons (Fsp3) is 0.136. The van der Waals surface area contributed by atoms with E-state index in [1.54, 1.807) is 0 Å². The molecule has 2 heterocycles. The van der Waals surface area contributed by atoms with E-state index in [1.165, 1.54) is 16.6 Å². The number of hydrogen-bond acceptors (Lipinski definition) is 2. The smallest absolute Gasteiger partial charge is 0.204 e. The second-order valence-corrected chi connectivity index (χ2v) is 7.14. The van der Waals surface area contributed by atoms with Gasteiger partial charge >= 0.3 is 0 Å². The second-order valence-electron chi connectivity index (χ2n) is 6.70. The SMILES string of the molecule is Clc1ccc([C@@H]2C[C@@H](c3ccccc3)n3c(nc4ccccc43)N2)cc1. The Hall–Kier alpha value is -2.78. The van der Waals surface area contributed by atoms with Crippen LogP contribution in [0.4, 0.5) is 5.95 Å². The zero-order chi connectivity index (χ0) is 17.5. The molecule has 0 amide bonds. The van der Waals surface area contributed by atoms with Crippen LogP contribution in [-0.4, -0.2) is 9.55 Å². The van der Waals surface area contributed by atoms with Crippen molar-refractivity contribution in [2.24, 2.45) is 0 Å². The van der Waals surface area contributed by atoms with E-state index in [9.17, 15) is 0 Å². The molecular weight excluding hydrogens is 342 g/mol. The third-order valence-electron chi connectivity index (χ3n) is 5.13. The molecule has 4 aromatic rings. The van der Waals surface area contributed by atoms with Crippen molar-refractivity contribution in [2.45, 2.75) is 18.5 Å². The third-order valence-corrected chi connectivity index (χ3v) is 5.38. The number of benzene rings is 3. The van der Waals surface area contributed by atoms with E-state index in [4.69, 9.17) is 16.6 Å². The van der Waals surface area contributed by atoms with Crippen molar-refractivity contribution >= 4 is 28.6 Å². The molecule has 0 saturated heterocycles. The highest BCUT2D eigenvalue weighted by Gasteiger charge is 2.30. The van der Waals surface area contributed by atoms with Gasteiger partial charge in [-0.2, -0.15) is 0 Å². The van der Waals surface area contributed by atoms with Gasteiger partial charge in [-0.1, -0.05) is 66.2 Å². The fourth-order valence-electron chi connectivity index (χ4n) is 3.88. The van der Waals surface area contributed by atoms with Gasteiger partial charge in [0.1, 0.15) is 0 Å². The first-order valence-electron chi connectivity index (χ1n) is 8.83. The lowest BCUT2D eigenvalue weighted by Crippen LogP contribution is -2.27. The molecule has 1 aliphatic rings. The average Bonchev–Trinajstić information content (AvgIpc) is 3.07. The normalized spacial score (nSPS) is 19.1. The van der Waals surface area contributed by atoms with Crippen LogP contribution in [0.1, 0.15) is 29.6 Å². The van der Waals surface area contributed by atoms with Gasteiger partial charge in [0, 0.05) is 5.02 Å². The third kappa shape index (κ3) is 2.56. The standard InChI is InChI=1S/C22H18ClN3/c23-17-12-10-15(11-13-17)19-14-21(16-6-2-1-3-7-16)26-20-9-5-4-8-18(20)24-22(26)25-19/h1-13,19,21H,14H2,(H,24,25)/t19-,21-/m0/s1. The molecule has 4 heteroatoms. The average molecular weight is 360 g/mol. The van der Waals surface area contributed by atoms with E-state index in [-0.39, 0.29) is 12.1 Å². The molecule has 1 aliphatic heterocycles. The Labute approximate surface area is 157 Å². The summed E-state index contributed by atoms with van der Waals surface area (Å²) >= 11 is 6.07. The van der Waals surface area contributed by atoms with Crippen LogP contribution in [0.25, 0.3) is 11.0 Å². The molecule has 3 nitrogen and oxygen atoms in total. The summed E-state index contributed by atoms with van der Waals surface area (Å²) in [4.78, 5) is 4.85. The first-order valence-corrected chi connectivity index (χ1v) is 9.21. The minimum atomic E-state index is 0.196. The number of hydrogen-bond donors (Lipinski definition) is 1. The van der Waals surface area contributed by atoms with Crippen molar-refractivity contribution in [3.63, 3.8) is 0 Å².